The zero-order valence-electron chi connectivity index (χ0n) is 12.4. The first-order valence-corrected chi connectivity index (χ1v) is 8.55. The maximum atomic E-state index is 12.6. The number of amides is 1. The van der Waals surface area contributed by atoms with Crippen LogP contribution in [-0.2, 0) is 16.0 Å². The van der Waals surface area contributed by atoms with E-state index in [1.54, 1.807) is 7.11 Å². The van der Waals surface area contributed by atoms with Crippen LogP contribution in [0.5, 0.6) is 0 Å². The molecule has 1 amide bonds. The quantitative estimate of drug-likeness (QED) is 0.829. The number of carbonyl (C=O) groups is 1. The average molecular weight is 352 g/mol. The first-order valence-electron chi connectivity index (χ1n) is 7.76. The Labute approximate surface area is 134 Å². The van der Waals surface area contributed by atoms with Crippen molar-refractivity contribution in [1.82, 2.24) is 4.90 Å². The monoisotopic (exact) mass is 351 g/mol. The molecule has 1 aromatic carbocycles. The summed E-state index contributed by atoms with van der Waals surface area (Å²) in [5.41, 5.74) is 1.21. The third-order valence-electron chi connectivity index (χ3n) is 4.88. The van der Waals surface area contributed by atoms with Gasteiger partial charge in [-0.25, -0.2) is 0 Å². The number of hydrogen-bond acceptors (Lipinski definition) is 2. The Morgan fingerprint density at radius 2 is 1.95 bits per heavy atom. The van der Waals surface area contributed by atoms with E-state index >= 15 is 0 Å². The van der Waals surface area contributed by atoms with Gasteiger partial charge in [0.05, 0.1) is 6.10 Å². The van der Waals surface area contributed by atoms with Crippen LogP contribution in [0.2, 0.25) is 0 Å². The summed E-state index contributed by atoms with van der Waals surface area (Å²) in [4.78, 5) is 14.8. The van der Waals surface area contributed by atoms with E-state index in [0.717, 1.165) is 36.6 Å². The Bertz CT molecular complexity index is 505. The lowest BCUT2D eigenvalue weighted by molar-refractivity contribution is -0.137. The van der Waals surface area contributed by atoms with E-state index in [-0.39, 0.29) is 0 Å². The molecule has 114 valence electrons. The lowest BCUT2D eigenvalue weighted by atomic mass is 9.98. The number of benzene rings is 1. The fraction of sp³-hybridized carbons (Fsp3) is 0.588. The molecule has 2 aliphatic rings. The van der Waals surface area contributed by atoms with Crippen LogP contribution >= 0.6 is 15.9 Å². The number of aryl methyl sites for hydroxylation is 1. The number of rotatable bonds is 4. The molecule has 0 aromatic heterocycles. The van der Waals surface area contributed by atoms with E-state index < -0.39 is 0 Å². The minimum Gasteiger partial charge on any atom is -0.381 e. The summed E-state index contributed by atoms with van der Waals surface area (Å²) in [6.07, 6.45) is 6.06. The van der Waals surface area contributed by atoms with Gasteiger partial charge in [0.15, 0.2) is 0 Å². The van der Waals surface area contributed by atoms with Crippen LogP contribution in [0.4, 0.5) is 0 Å². The molecule has 0 aliphatic carbocycles. The van der Waals surface area contributed by atoms with Crippen molar-refractivity contribution in [2.75, 3.05) is 7.11 Å². The number of hydrogen-bond donors (Lipinski definition) is 0. The maximum Gasteiger partial charge on any atom is 0.223 e. The molecule has 0 N–H and O–H groups in total. The van der Waals surface area contributed by atoms with Crippen LogP contribution in [0, 0.1) is 0 Å². The standard InChI is InChI=1S/C17H22BrNO2/c1-21-15-10-13-7-8-14(11-15)19(13)17(20)9-6-12-4-2-3-5-16(12)18/h2-5,13-15H,6-11H2,1H3. The molecule has 2 aliphatic heterocycles. The van der Waals surface area contributed by atoms with Crippen molar-refractivity contribution < 1.29 is 9.53 Å². The van der Waals surface area contributed by atoms with Gasteiger partial charge in [0, 0.05) is 30.1 Å². The molecule has 2 fully saturated rings. The Hall–Kier alpha value is -0.870. The Morgan fingerprint density at radius 1 is 1.29 bits per heavy atom. The smallest absolute Gasteiger partial charge is 0.223 e. The van der Waals surface area contributed by atoms with E-state index in [0.29, 0.717) is 30.5 Å². The van der Waals surface area contributed by atoms with Gasteiger partial charge in [-0.15, -0.1) is 0 Å². The van der Waals surface area contributed by atoms with Gasteiger partial charge in [0.1, 0.15) is 0 Å². The molecule has 2 unspecified atom stereocenters. The molecule has 2 bridgehead atoms. The molecule has 2 saturated heterocycles. The topological polar surface area (TPSA) is 29.5 Å². The number of fused-ring (bicyclic) bond motifs is 2. The first kappa shape index (κ1) is 15.0. The average Bonchev–Trinajstić information content (AvgIpc) is 2.76. The molecule has 2 atom stereocenters. The zero-order valence-corrected chi connectivity index (χ0v) is 14.0. The molecule has 4 heteroatoms. The highest BCUT2D eigenvalue weighted by Crippen LogP contribution is 2.37. The number of methoxy groups -OCH3 is 1. The van der Waals surface area contributed by atoms with E-state index in [1.165, 1.54) is 5.56 Å². The molecular formula is C17H22BrNO2. The van der Waals surface area contributed by atoms with Gasteiger partial charge in [-0.05, 0) is 43.7 Å². The minimum absolute atomic E-state index is 0.313. The summed E-state index contributed by atoms with van der Waals surface area (Å²) < 4.78 is 6.60. The van der Waals surface area contributed by atoms with Crippen LogP contribution in [0.15, 0.2) is 28.7 Å². The van der Waals surface area contributed by atoms with E-state index in [1.807, 2.05) is 18.2 Å². The summed E-state index contributed by atoms with van der Waals surface area (Å²) in [7, 11) is 1.79. The lowest BCUT2D eigenvalue weighted by Gasteiger charge is -2.38. The van der Waals surface area contributed by atoms with Gasteiger partial charge in [-0.1, -0.05) is 34.1 Å². The molecule has 21 heavy (non-hydrogen) atoms. The Balaban J connectivity index is 1.60. The van der Waals surface area contributed by atoms with Gasteiger partial charge in [0.25, 0.3) is 0 Å². The number of carbonyl (C=O) groups excluding carboxylic acids is 1. The molecule has 0 saturated carbocycles. The van der Waals surface area contributed by atoms with Crippen LogP contribution in [0.3, 0.4) is 0 Å². The second kappa shape index (κ2) is 6.49. The normalized spacial score (nSPS) is 27.9. The second-order valence-corrected chi connectivity index (χ2v) is 6.96. The largest absolute Gasteiger partial charge is 0.381 e. The third-order valence-corrected chi connectivity index (χ3v) is 5.65. The van der Waals surface area contributed by atoms with Crippen LogP contribution < -0.4 is 0 Å². The van der Waals surface area contributed by atoms with E-state index in [9.17, 15) is 4.79 Å². The van der Waals surface area contributed by atoms with E-state index in [4.69, 9.17) is 4.74 Å². The highest BCUT2D eigenvalue weighted by Gasteiger charge is 2.42. The fourth-order valence-corrected chi connectivity index (χ4v) is 4.28. The number of halogens is 1. The number of piperidine rings is 1. The van der Waals surface area contributed by atoms with Crippen molar-refractivity contribution in [3.63, 3.8) is 0 Å². The number of nitrogens with zero attached hydrogens (tertiary/aromatic N) is 1. The summed E-state index contributed by atoms with van der Waals surface area (Å²) in [6.45, 7) is 0. The Kier molecular flexibility index (Phi) is 4.65. The van der Waals surface area contributed by atoms with Crippen molar-refractivity contribution in [2.45, 2.75) is 56.7 Å². The van der Waals surface area contributed by atoms with Crippen molar-refractivity contribution >= 4 is 21.8 Å². The molecule has 0 spiro atoms. The predicted octanol–water partition coefficient (Wildman–Crippen LogP) is 3.55. The van der Waals surface area contributed by atoms with E-state index in [2.05, 4.69) is 26.9 Å². The zero-order chi connectivity index (χ0) is 14.8. The fourth-order valence-electron chi connectivity index (χ4n) is 3.80. The third kappa shape index (κ3) is 3.16. The molecule has 1 aromatic rings. The molecule has 2 heterocycles. The van der Waals surface area contributed by atoms with Crippen molar-refractivity contribution in [2.24, 2.45) is 0 Å². The predicted molar refractivity (Wildman–Crippen MR) is 86.2 cm³/mol. The van der Waals surface area contributed by atoms with Gasteiger partial charge >= 0.3 is 0 Å². The second-order valence-electron chi connectivity index (χ2n) is 6.11. The van der Waals surface area contributed by atoms with Crippen molar-refractivity contribution in [1.29, 1.82) is 0 Å². The van der Waals surface area contributed by atoms with Gasteiger partial charge in [0.2, 0.25) is 5.91 Å². The summed E-state index contributed by atoms with van der Waals surface area (Å²) in [5.74, 6) is 0.313. The summed E-state index contributed by atoms with van der Waals surface area (Å²) in [6, 6.07) is 8.96. The summed E-state index contributed by atoms with van der Waals surface area (Å²) in [5, 5.41) is 0. The van der Waals surface area contributed by atoms with Crippen molar-refractivity contribution in [3.8, 4) is 0 Å². The minimum atomic E-state index is 0.313. The molecule has 3 rings (SSSR count). The van der Waals surface area contributed by atoms with Gasteiger partial charge in [-0.2, -0.15) is 0 Å². The molecule has 3 nitrogen and oxygen atoms in total. The highest BCUT2D eigenvalue weighted by atomic mass is 79.9. The summed E-state index contributed by atoms with van der Waals surface area (Å²) >= 11 is 3.55. The van der Waals surface area contributed by atoms with Crippen LogP contribution in [-0.4, -0.2) is 36.1 Å². The van der Waals surface area contributed by atoms with Gasteiger partial charge in [-0.3, -0.25) is 4.79 Å². The first-order chi connectivity index (χ1) is 10.2. The van der Waals surface area contributed by atoms with Crippen molar-refractivity contribution in [3.05, 3.63) is 34.3 Å². The maximum absolute atomic E-state index is 12.6. The van der Waals surface area contributed by atoms with Gasteiger partial charge < -0.3 is 9.64 Å². The van der Waals surface area contributed by atoms with Crippen LogP contribution in [0.25, 0.3) is 0 Å². The lowest BCUT2D eigenvalue weighted by Crippen LogP contribution is -2.48. The molecule has 0 radical (unpaired) electrons. The Morgan fingerprint density at radius 3 is 2.57 bits per heavy atom. The SMILES string of the molecule is COC1CC2CCC(C1)N2C(=O)CCc1ccccc1Br. The van der Waals surface area contributed by atoms with Crippen LogP contribution in [0.1, 0.15) is 37.7 Å². The number of ether oxygens (including phenoxy) is 1. The highest BCUT2D eigenvalue weighted by molar-refractivity contribution is 9.10. The molecular weight excluding hydrogens is 330 g/mol.